The molecule has 0 aliphatic carbocycles. The fourth-order valence-electron chi connectivity index (χ4n) is 2.16. The molecule has 5 nitrogen and oxygen atoms in total. The minimum Gasteiger partial charge on any atom is -0.490 e. The second kappa shape index (κ2) is 9.02. The fourth-order valence-corrected chi connectivity index (χ4v) is 2.74. The number of carbonyl (C=O) groups excluding carboxylic acids is 1. The zero-order valence-electron chi connectivity index (χ0n) is 14.0. The van der Waals surface area contributed by atoms with Crippen molar-refractivity contribution in [2.24, 2.45) is 5.73 Å². The molecule has 134 valence electrons. The maximum absolute atomic E-state index is 13.8. The molecule has 0 saturated heterocycles. The first-order valence-electron chi connectivity index (χ1n) is 7.70. The van der Waals surface area contributed by atoms with E-state index in [2.05, 4.69) is 15.9 Å². The van der Waals surface area contributed by atoms with E-state index in [1.54, 1.807) is 43.3 Å². The van der Waals surface area contributed by atoms with Gasteiger partial charge in [0.15, 0.2) is 11.5 Å². The van der Waals surface area contributed by atoms with Crippen LogP contribution in [-0.2, 0) is 11.4 Å². The summed E-state index contributed by atoms with van der Waals surface area (Å²) >= 11 is 3.38. The van der Waals surface area contributed by atoms with Crippen LogP contribution in [0.1, 0.15) is 18.1 Å². The summed E-state index contributed by atoms with van der Waals surface area (Å²) in [4.78, 5) is 11.2. The van der Waals surface area contributed by atoms with Crippen LogP contribution in [0.2, 0.25) is 0 Å². The molecule has 0 saturated carbocycles. The molecule has 2 aromatic rings. The Bertz CT molecular complexity index is 891. The molecule has 7 heteroatoms. The first-order chi connectivity index (χ1) is 12.5. The van der Waals surface area contributed by atoms with E-state index in [9.17, 15) is 9.18 Å². The molecule has 2 N–H and O–H groups in total. The molecular weight excluding hydrogens is 403 g/mol. The monoisotopic (exact) mass is 418 g/mol. The first-order valence-corrected chi connectivity index (χ1v) is 8.49. The van der Waals surface area contributed by atoms with Gasteiger partial charge in [0, 0.05) is 5.56 Å². The van der Waals surface area contributed by atoms with Crippen molar-refractivity contribution in [1.82, 2.24) is 0 Å². The van der Waals surface area contributed by atoms with Gasteiger partial charge in [-0.1, -0.05) is 18.2 Å². The van der Waals surface area contributed by atoms with Gasteiger partial charge in [0.2, 0.25) is 0 Å². The van der Waals surface area contributed by atoms with Crippen LogP contribution >= 0.6 is 15.9 Å². The van der Waals surface area contributed by atoms with Crippen LogP contribution in [-0.4, -0.2) is 12.5 Å². The highest BCUT2D eigenvalue weighted by molar-refractivity contribution is 9.10. The topological polar surface area (TPSA) is 85.3 Å². The predicted octanol–water partition coefficient (Wildman–Crippen LogP) is 3.96. The summed E-state index contributed by atoms with van der Waals surface area (Å²) in [6, 6.07) is 11.3. The molecule has 0 atom stereocenters. The second-order valence-corrected chi connectivity index (χ2v) is 6.03. The van der Waals surface area contributed by atoms with Crippen LogP contribution < -0.4 is 15.2 Å². The minimum absolute atomic E-state index is 0.0191. The van der Waals surface area contributed by atoms with Gasteiger partial charge in [0.25, 0.3) is 5.91 Å². The van der Waals surface area contributed by atoms with Gasteiger partial charge in [-0.25, -0.2) is 4.39 Å². The van der Waals surface area contributed by atoms with E-state index >= 15 is 0 Å². The van der Waals surface area contributed by atoms with Crippen molar-refractivity contribution in [3.8, 4) is 17.6 Å². The molecule has 0 unspecified atom stereocenters. The predicted molar refractivity (Wildman–Crippen MR) is 98.8 cm³/mol. The summed E-state index contributed by atoms with van der Waals surface area (Å²) in [6.45, 7) is 2.20. The molecule has 1 amide bonds. The number of nitriles is 1. The van der Waals surface area contributed by atoms with E-state index in [1.807, 2.05) is 0 Å². The second-order valence-electron chi connectivity index (χ2n) is 5.18. The van der Waals surface area contributed by atoms with Gasteiger partial charge in [-0.2, -0.15) is 5.26 Å². The Morgan fingerprint density at radius 2 is 2.08 bits per heavy atom. The molecule has 0 heterocycles. The molecule has 0 bridgehead atoms. The van der Waals surface area contributed by atoms with Crippen molar-refractivity contribution in [1.29, 1.82) is 5.26 Å². The Morgan fingerprint density at radius 3 is 2.69 bits per heavy atom. The molecule has 2 aromatic carbocycles. The third-order valence-electron chi connectivity index (χ3n) is 3.36. The van der Waals surface area contributed by atoms with Crippen LogP contribution in [0.15, 0.2) is 46.4 Å². The van der Waals surface area contributed by atoms with E-state index in [1.165, 1.54) is 12.1 Å². The Hall–Kier alpha value is -2.85. The van der Waals surface area contributed by atoms with Gasteiger partial charge in [0.05, 0.1) is 11.1 Å². The highest BCUT2D eigenvalue weighted by Gasteiger charge is 2.14. The standard InChI is InChI=1S/C19H16BrFN2O3/c1-2-25-17-9-12(7-14(10-22)19(23)24)8-15(20)18(17)26-11-13-5-3-4-6-16(13)21/h3-9H,2,11H2,1H3,(H2,23,24)/b14-7+. The van der Waals surface area contributed by atoms with Gasteiger partial charge in [0.1, 0.15) is 24.1 Å². The SMILES string of the molecule is CCOc1cc(/C=C(\C#N)C(N)=O)cc(Br)c1OCc1ccccc1F. The number of hydrogen-bond acceptors (Lipinski definition) is 4. The van der Waals surface area contributed by atoms with E-state index in [0.29, 0.717) is 33.7 Å². The summed E-state index contributed by atoms with van der Waals surface area (Å²) in [5.41, 5.74) is 5.92. The van der Waals surface area contributed by atoms with Crippen molar-refractivity contribution in [2.45, 2.75) is 13.5 Å². The van der Waals surface area contributed by atoms with Crippen LogP contribution in [0.4, 0.5) is 4.39 Å². The third-order valence-corrected chi connectivity index (χ3v) is 3.95. The molecule has 0 aliphatic rings. The smallest absolute Gasteiger partial charge is 0.259 e. The number of carbonyl (C=O) groups is 1. The van der Waals surface area contributed by atoms with Crippen molar-refractivity contribution in [2.75, 3.05) is 6.61 Å². The van der Waals surface area contributed by atoms with Crippen LogP contribution in [0.5, 0.6) is 11.5 Å². The maximum Gasteiger partial charge on any atom is 0.259 e. The fraction of sp³-hybridized carbons (Fsp3) is 0.158. The zero-order chi connectivity index (χ0) is 19.1. The van der Waals surface area contributed by atoms with Crippen LogP contribution in [0, 0.1) is 17.1 Å². The summed E-state index contributed by atoms with van der Waals surface area (Å²) in [7, 11) is 0. The molecule has 0 aromatic heterocycles. The van der Waals surface area contributed by atoms with Crippen LogP contribution in [0.3, 0.4) is 0 Å². The number of primary amides is 1. The highest BCUT2D eigenvalue weighted by Crippen LogP contribution is 2.38. The largest absolute Gasteiger partial charge is 0.490 e. The quantitative estimate of drug-likeness (QED) is 0.544. The number of halogens is 2. The number of amides is 1. The number of rotatable bonds is 7. The number of nitrogens with two attached hydrogens (primary N) is 1. The lowest BCUT2D eigenvalue weighted by atomic mass is 10.1. The molecule has 0 aliphatic heterocycles. The van der Waals surface area contributed by atoms with E-state index in [4.69, 9.17) is 20.5 Å². The Labute approximate surface area is 159 Å². The van der Waals surface area contributed by atoms with Crippen molar-refractivity contribution in [3.05, 3.63) is 63.4 Å². The van der Waals surface area contributed by atoms with Gasteiger partial charge in [-0.05, 0) is 52.7 Å². The average Bonchev–Trinajstić information content (AvgIpc) is 2.60. The van der Waals surface area contributed by atoms with Crippen molar-refractivity contribution >= 4 is 27.9 Å². The van der Waals surface area contributed by atoms with Crippen molar-refractivity contribution < 1.29 is 18.7 Å². The van der Waals surface area contributed by atoms with E-state index in [0.717, 1.165) is 0 Å². The van der Waals surface area contributed by atoms with Crippen LogP contribution in [0.25, 0.3) is 6.08 Å². The van der Waals surface area contributed by atoms with Gasteiger partial charge in [-0.15, -0.1) is 0 Å². The highest BCUT2D eigenvalue weighted by atomic mass is 79.9. The van der Waals surface area contributed by atoms with Gasteiger partial charge >= 0.3 is 0 Å². The third kappa shape index (κ3) is 4.83. The molecule has 0 spiro atoms. The summed E-state index contributed by atoms with van der Waals surface area (Å²) in [6.07, 6.45) is 1.36. The lowest BCUT2D eigenvalue weighted by Crippen LogP contribution is -2.12. The summed E-state index contributed by atoms with van der Waals surface area (Å²) < 4.78 is 25.6. The van der Waals surface area contributed by atoms with Gasteiger partial charge < -0.3 is 15.2 Å². The Morgan fingerprint density at radius 1 is 1.35 bits per heavy atom. The average molecular weight is 419 g/mol. The molecule has 26 heavy (non-hydrogen) atoms. The van der Waals surface area contributed by atoms with Gasteiger partial charge in [-0.3, -0.25) is 4.79 Å². The zero-order valence-corrected chi connectivity index (χ0v) is 15.5. The maximum atomic E-state index is 13.8. The molecule has 0 fully saturated rings. The lowest BCUT2D eigenvalue weighted by Gasteiger charge is -2.15. The normalized spacial score (nSPS) is 10.9. The van der Waals surface area contributed by atoms with Crippen molar-refractivity contribution in [3.63, 3.8) is 0 Å². The van der Waals surface area contributed by atoms with E-state index in [-0.39, 0.29) is 18.0 Å². The molecule has 2 rings (SSSR count). The summed E-state index contributed by atoms with van der Waals surface area (Å²) in [5, 5.41) is 8.97. The number of ether oxygens (including phenoxy) is 2. The molecule has 0 radical (unpaired) electrons. The minimum atomic E-state index is -0.818. The number of hydrogen-bond donors (Lipinski definition) is 1. The van der Waals surface area contributed by atoms with E-state index < -0.39 is 5.91 Å². The first kappa shape index (κ1) is 19.5. The Kier molecular flexibility index (Phi) is 6.75. The molecular formula is C19H16BrFN2O3. The number of benzene rings is 2. The Balaban J connectivity index is 2.36. The summed E-state index contributed by atoms with van der Waals surface area (Å²) in [5.74, 6) is -0.390. The lowest BCUT2D eigenvalue weighted by molar-refractivity contribution is -0.114. The number of nitrogens with zero attached hydrogens (tertiary/aromatic N) is 1.